The molecule has 68 valence electrons. The number of aliphatic hydroxyl groups is 1. The highest BCUT2D eigenvalue weighted by Crippen LogP contribution is 2.22. The fraction of sp³-hybridized carbons (Fsp3) is 0.625. The van der Waals surface area contributed by atoms with E-state index in [4.69, 9.17) is 5.73 Å². The fourth-order valence-corrected chi connectivity index (χ4v) is 1.72. The molecular weight excluding hydrogens is 172 g/mol. The first-order valence-corrected chi connectivity index (χ1v) is 4.86. The highest BCUT2D eigenvalue weighted by Gasteiger charge is 2.11. The maximum atomic E-state index is 9.34. The number of thiazole rings is 1. The number of aromatic nitrogens is 1. The van der Waals surface area contributed by atoms with Gasteiger partial charge in [0.05, 0.1) is 10.7 Å². The zero-order valence-electron chi connectivity index (χ0n) is 7.32. The Morgan fingerprint density at radius 2 is 2.33 bits per heavy atom. The number of rotatable bonds is 3. The summed E-state index contributed by atoms with van der Waals surface area (Å²) in [5.74, 6) is 0.425. The van der Waals surface area contributed by atoms with Crippen molar-refractivity contribution in [2.45, 2.75) is 25.9 Å². The fourth-order valence-electron chi connectivity index (χ4n) is 0.840. The van der Waals surface area contributed by atoms with Crippen molar-refractivity contribution in [3.05, 3.63) is 16.1 Å². The minimum Gasteiger partial charge on any atom is -0.385 e. The molecular formula is C8H14N2OS. The van der Waals surface area contributed by atoms with E-state index in [0.717, 1.165) is 5.01 Å². The first kappa shape index (κ1) is 9.64. The van der Waals surface area contributed by atoms with E-state index in [1.165, 1.54) is 0 Å². The van der Waals surface area contributed by atoms with Gasteiger partial charge in [-0.15, -0.1) is 11.3 Å². The van der Waals surface area contributed by atoms with Crippen LogP contribution in [0, 0.1) is 0 Å². The van der Waals surface area contributed by atoms with Crippen LogP contribution >= 0.6 is 11.3 Å². The average molecular weight is 186 g/mol. The Labute approximate surface area is 76.3 Å². The summed E-state index contributed by atoms with van der Waals surface area (Å²) in [5.41, 5.74) is 6.00. The predicted octanol–water partition coefficient (Wildman–Crippen LogP) is 1.26. The molecule has 0 aliphatic rings. The summed E-state index contributed by atoms with van der Waals surface area (Å²) in [6, 6.07) is 0. The van der Waals surface area contributed by atoms with Crippen molar-refractivity contribution >= 4 is 11.3 Å². The molecule has 4 heteroatoms. The minimum absolute atomic E-state index is 0.237. The summed E-state index contributed by atoms with van der Waals surface area (Å²) < 4.78 is 0. The molecule has 0 aliphatic carbocycles. The number of nitrogens with zero attached hydrogens (tertiary/aromatic N) is 1. The molecule has 0 aliphatic heterocycles. The van der Waals surface area contributed by atoms with Crippen LogP contribution in [-0.4, -0.2) is 16.6 Å². The van der Waals surface area contributed by atoms with Crippen molar-refractivity contribution in [3.8, 4) is 0 Å². The first-order valence-electron chi connectivity index (χ1n) is 3.98. The van der Waals surface area contributed by atoms with E-state index in [1.807, 2.05) is 5.38 Å². The van der Waals surface area contributed by atoms with Crippen LogP contribution in [0.15, 0.2) is 5.38 Å². The molecule has 0 bridgehead atoms. The molecule has 0 amide bonds. The number of aliphatic hydroxyl groups excluding tert-OH is 1. The maximum absolute atomic E-state index is 9.34. The summed E-state index contributed by atoms with van der Waals surface area (Å²) in [6.07, 6.45) is -0.603. The van der Waals surface area contributed by atoms with E-state index < -0.39 is 6.10 Å². The number of hydrogen-bond donors (Lipinski definition) is 2. The van der Waals surface area contributed by atoms with Crippen LogP contribution in [-0.2, 0) is 0 Å². The van der Waals surface area contributed by atoms with Crippen molar-refractivity contribution < 1.29 is 5.11 Å². The molecule has 0 aromatic carbocycles. The quantitative estimate of drug-likeness (QED) is 0.747. The van der Waals surface area contributed by atoms with E-state index in [2.05, 4.69) is 18.8 Å². The third-order valence-electron chi connectivity index (χ3n) is 1.60. The lowest BCUT2D eigenvalue weighted by Crippen LogP contribution is -2.11. The lowest BCUT2D eigenvalue weighted by Gasteiger charge is -2.02. The van der Waals surface area contributed by atoms with Gasteiger partial charge < -0.3 is 10.8 Å². The van der Waals surface area contributed by atoms with Gasteiger partial charge in [0, 0.05) is 17.8 Å². The van der Waals surface area contributed by atoms with E-state index in [1.54, 1.807) is 11.3 Å². The molecule has 3 nitrogen and oxygen atoms in total. The SMILES string of the molecule is CC(C)c1nc([C@@H](O)CN)cs1. The van der Waals surface area contributed by atoms with Crippen molar-refractivity contribution in [1.29, 1.82) is 0 Å². The van der Waals surface area contributed by atoms with Gasteiger partial charge in [-0.1, -0.05) is 13.8 Å². The maximum Gasteiger partial charge on any atom is 0.109 e. The molecule has 1 atom stereocenters. The van der Waals surface area contributed by atoms with Gasteiger partial charge in [0.1, 0.15) is 6.10 Å². The highest BCUT2D eigenvalue weighted by atomic mass is 32.1. The van der Waals surface area contributed by atoms with Crippen molar-refractivity contribution in [2.75, 3.05) is 6.54 Å². The molecule has 1 heterocycles. The normalized spacial score (nSPS) is 13.8. The van der Waals surface area contributed by atoms with Crippen LogP contribution in [0.4, 0.5) is 0 Å². The molecule has 3 N–H and O–H groups in total. The van der Waals surface area contributed by atoms with Gasteiger partial charge in [0.25, 0.3) is 0 Å². The Hall–Kier alpha value is -0.450. The molecule has 0 spiro atoms. The van der Waals surface area contributed by atoms with Crippen LogP contribution in [0.5, 0.6) is 0 Å². The molecule has 0 saturated carbocycles. The molecule has 0 radical (unpaired) electrons. The molecule has 1 aromatic heterocycles. The van der Waals surface area contributed by atoms with E-state index in [9.17, 15) is 5.11 Å². The predicted molar refractivity (Wildman–Crippen MR) is 50.2 cm³/mol. The first-order chi connectivity index (χ1) is 5.65. The van der Waals surface area contributed by atoms with Gasteiger partial charge in [-0.3, -0.25) is 0 Å². The second kappa shape index (κ2) is 3.98. The highest BCUT2D eigenvalue weighted by molar-refractivity contribution is 7.09. The summed E-state index contributed by atoms with van der Waals surface area (Å²) in [7, 11) is 0. The Morgan fingerprint density at radius 1 is 1.67 bits per heavy atom. The Morgan fingerprint density at radius 3 is 2.75 bits per heavy atom. The largest absolute Gasteiger partial charge is 0.385 e. The summed E-state index contributed by atoms with van der Waals surface area (Å²) in [4.78, 5) is 4.27. The second-order valence-corrected chi connectivity index (χ2v) is 3.91. The molecule has 0 unspecified atom stereocenters. The van der Waals surface area contributed by atoms with Crippen LogP contribution in [0.1, 0.15) is 36.6 Å². The topological polar surface area (TPSA) is 59.1 Å². The zero-order valence-corrected chi connectivity index (χ0v) is 8.14. The van der Waals surface area contributed by atoms with Crippen molar-refractivity contribution in [2.24, 2.45) is 5.73 Å². The summed E-state index contributed by atoms with van der Waals surface area (Å²) in [5, 5.41) is 12.3. The standard InChI is InChI=1S/C8H14N2OS/c1-5(2)8-10-6(4-12-8)7(11)3-9/h4-5,7,11H,3,9H2,1-2H3/t7-/m0/s1. The summed E-state index contributed by atoms with van der Waals surface area (Å²) >= 11 is 1.57. The molecule has 0 fully saturated rings. The third-order valence-corrected chi connectivity index (χ3v) is 2.76. The van der Waals surface area contributed by atoms with Crippen LogP contribution in [0.25, 0.3) is 0 Å². The monoisotopic (exact) mass is 186 g/mol. The summed E-state index contributed by atoms with van der Waals surface area (Å²) in [6.45, 7) is 4.40. The van der Waals surface area contributed by atoms with E-state index in [-0.39, 0.29) is 6.54 Å². The van der Waals surface area contributed by atoms with Crippen LogP contribution < -0.4 is 5.73 Å². The third kappa shape index (κ3) is 2.03. The molecule has 1 rings (SSSR count). The van der Waals surface area contributed by atoms with Crippen LogP contribution in [0.2, 0.25) is 0 Å². The van der Waals surface area contributed by atoms with Gasteiger partial charge in [0.15, 0.2) is 0 Å². The Balaban J connectivity index is 2.77. The number of nitrogens with two attached hydrogens (primary N) is 1. The van der Waals surface area contributed by atoms with Gasteiger partial charge in [0.2, 0.25) is 0 Å². The second-order valence-electron chi connectivity index (χ2n) is 3.02. The lowest BCUT2D eigenvalue weighted by molar-refractivity contribution is 0.182. The van der Waals surface area contributed by atoms with Crippen LogP contribution in [0.3, 0.4) is 0 Å². The Kier molecular flexibility index (Phi) is 3.20. The average Bonchev–Trinajstić information content (AvgIpc) is 2.51. The molecule has 12 heavy (non-hydrogen) atoms. The van der Waals surface area contributed by atoms with Gasteiger partial charge in [-0.2, -0.15) is 0 Å². The molecule has 0 saturated heterocycles. The lowest BCUT2D eigenvalue weighted by atomic mass is 10.2. The van der Waals surface area contributed by atoms with Gasteiger partial charge >= 0.3 is 0 Å². The van der Waals surface area contributed by atoms with Gasteiger partial charge in [-0.05, 0) is 0 Å². The van der Waals surface area contributed by atoms with Crippen molar-refractivity contribution in [3.63, 3.8) is 0 Å². The zero-order chi connectivity index (χ0) is 9.14. The smallest absolute Gasteiger partial charge is 0.109 e. The minimum atomic E-state index is -0.603. The van der Waals surface area contributed by atoms with E-state index in [0.29, 0.717) is 11.6 Å². The Bertz CT molecular complexity index is 247. The molecule has 1 aromatic rings. The van der Waals surface area contributed by atoms with Crippen molar-refractivity contribution in [1.82, 2.24) is 4.98 Å². The number of hydrogen-bond acceptors (Lipinski definition) is 4. The van der Waals surface area contributed by atoms with Gasteiger partial charge in [-0.25, -0.2) is 4.98 Å². The van der Waals surface area contributed by atoms with E-state index >= 15 is 0 Å².